The fourth-order valence-electron chi connectivity index (χ4n) is 18.4. The van der Waals surface area contributed by atoms with E-state index in [-0.39, 0.29) is 53.8 Å². The number of halogens is 1. The number of hydrogen-bond acceptors (Lipinski definition) is 25. The Hall–Kier alpha value is -14.3. The Balaban J connectivity index is 0.000000180. The van der Waals surface area contributed by atoms with Crippen molar-refractivity contribution in [2.45, 2.75) is 180 Å². The number of aromatic carboxylic acids is 1. The molecule has 7 aromatic carbocycles. The molecule has 0 spiro atoms. The van der Waals surface area contributed by atoms with E-state index in [1.165, 1.54) is 46.4 Å². The monoisotopic (exact) mass is 2010 g/mol. The number of ether oxygens (including phenoxy) is 3. The van der Waals surface area contributed by atoms with Gasteiger partial charge in [-0.05, 0) is 329 Å². The van der Waals surface area contributed by atoms with Gasteiger partial charge in [0.15, 0.2) is 5.82 Å². The maximum atomic E-state index is 12.6. The number of nitrogens with one attached hydrogen (secondary N) is 6. The van der Waals surface area contributed by atoms with Gasteiger partial charge in [0.25, 0.3) is 17.7 Å². The first-order chi connectivity index (χ1) is 70.0. The molecule has 9 heterocycles. The highest BCUT2D eigenvalue weighted by molar-refractivity contribution is 6.03. The van der Waals surface area contributed by atoms with Crippen LogP contribution >= 0.6 is 0 Å². The van der Waals surface area contributed by atoms with Crippen molar-refractivity contribution in [3.8, 4) is 18.2 Å². The third-order valence-electron chi connectivity index (χ3n) is 25.9. The van der Waals surface area contributed by atoms with E-state index in [1.807, 2.05) is 195 Å². The molecule has 8 aliphatic heterocycles. The number of nitrogens with zero attached hydrogens (tertiary/aromatic N) is 15. The lowest BCUT2D eigenvalue weighted by Crippen LogP contribution is -2.51. The second-order valence-electron chi connectivity index (χ2n) is 40.7. The van der Waals surface area contributed by atoms with E-state index in [1.54, 1.807) is 33.8 Å². The number of pyridine rings is 1. The van der Waals surface area contributed by atoms with Crippen LogP contribution in [0, 0.1) is 88.3 Å². The Bertz CT molecular complexity index is 5970. The van der Waals surface area contributed by atoms with Crippen molar-refractivity contribution in [3.05, 3.63) is 229 Å². The van der Waals surface area contributed by atoms with Crippen molar-refractivity contribution in [1.82, 2.24) is 51.2 Å². The van der Waals surface area contributed by atoms with Gasteiger partial charge < -0.3 is 100 Å². The van der Waals surface area contributed by atoms with E-state index in [0.29, 0.717) is 105 Å². The molecule has 34 heteroatoms. The van der Waals surface area contributed by atoms with E-state index in [9.17, 15) is 42.7 Å². The highest BCUT2D eigenvalue weighted by atomic mass is 19.1. The smallest absolute Gasteiger partial charge is 0.410 e. The standard InChI is InChI=1S/C26H34N6O2.C19H29N3O3.C17H23N3O2.C17H24N2O4.C14H21N3O.C12H15N3.C8H6FN/c1-3-27-25(33)20-7-8-22(18(2)14-20)31-12-10-30(11-13-31)17-19-15-21-24(28-16-19)32-9-5-4-6-23(32)26(34)29-21;1-6-20-17(23)15-7-8-16(14(2)13-15)21-9-11-22(12-10-21)18(24)25-19(3,4)5;1-13-11-14(12-18)5-6-15(13)19-7-9-20(10-8-19)16(21)22-17(2,3)4;1-12-11-13(15(20)21)5-6-14(12)18-7-9-19(10-8-18)16(22)23-17(2,3)4;1-3-16-14(18)12-4-5-13(11(2)10-12)17-8-6-15-7-9-17;1-10-8-11(9-13)2-3-12(10)15-6-4-14-5-7-15;1-6-4-7(5-10)2-3-8(6)9/h7-8,14-16,23H,3-6,9-13,17H2,1-2H3,(H,27,33)(H,29,34);7-8,13H,6,9-12H2,1-5H3,(H,20,23);5-6,11H,7-10H2,1-4H3;5-6,11H,7-10H2,1-4H3,(H,20,21);4-5,10,15H,3,6-9H2,1-2H3,(H,16,18);2-3,8,14H,4-7H2,1H3;2-4H,1H3/t23-;;;;;;/m0....../s1. The zero-order valence-electron chi connectivity index (χ0n) is 89.5. The zero-order chi connectivity index (χ0) is 107. The number of fused-ring (bicyclic) bond motifs is 3. The van der Waals surface area contributed by atoms with E-state index < -0.39 is 22.8 Å². The summed E-state index contributed by atoms with van der Waals surface area (Å²) in [6.07, 6.45) is 4.32. The second kappa shape index (κ2) is 54.2. The quantitative estimate of drug-likeness (QED) is 0.0469. The summed E-state index contributed by atoms with van der Waals surface area (Å²) in [5, 5.41) is 53.4. The van der Waals surface area contributed by atoms with Crippen molar-refractivity contribution >= 4 is 93.5 Å². The second-order valence-corrected chi connectivity index (χ2v) is 40.7. The predicted octanol–water partition coefficient (Wildman–Crippen LogP) is 15.7. The molecular weight excluding hydrogens is 1860 g/mol. The predicted molar refractivity (Wildman–Crippen MR) is 579 cm³/mol. The number of nitriles is 3. The molecule has 788 valence electrons. The summed E-state index contributed by atoms with van der Waals surface area (Å²) >= 11 is 0. The summed E-state index contributed by atoms with van der Waals surface area (Å²) in [5.74, 6) is -0.224. The number of aromatic nitrogens is 1. The molecule has 0 radical (unpaired) electrons. The van der Waals surface area contributed by atoms with Crippen molar-refractivity contribution in [3.63, 3.8) is 0 Å². The molecule has 1 atom stereocenters. The lowest BCUT2D eigenvalue weighted by molar-refractivity contribution is -0.118. The van der Waals surface area contributed by atoms with E-state index >= 15 is 0 Å². The molecule has 33 nitrogen and oxygen atoms in total. The van der Waals surface area contributed by atoms with Crippen LogP contribution < -0.4 is 66.2 Å². The number of piperazine rings is 6. The normalized spacial score (nSPS) is 16.2. The van der Waals surface area contributed by atoms with Crippen LogP contribution in [0.25, 0.3) is 0 Å². The number of hydrogen-bond donors (Lipinski definition) is 7. The van der Waals surface area contributed by atoms with Gasteiger partial charge in [0.1, 0.15) is 28.7 Å². The third-order valence-corrected chi connectivity index (χ3v) is 25.9. The largest absolute Gasteiger partial charge is 0.478 e. The Kier molecular flexibility index (Phi) is 42.3. The van der Waals surface area contributed by atoms with Crippen LogP contribution in [0.15, 0.2) is 140 Å². The van der Waals surface area contributed by atoms with Gasteiger partial charge in [-0.25, -0.2) is 28.6 Å². The van der Waals surface area contributed by atoms with Crippen LogP contribution in [0.3, 0.4) is 0 Å². The minimum absolute atomic E-state index is 0.00691. The minimum atomic E-state index is -0.922. The molecule has 147 heavy (non-hydrogen) atoms. The molecular formula is C113H152FN21O12. The molecule has 7 N–H and O–H groups in total. The van der Waals surface area contributed by atoms with Gasteiger partial charge in [0.2, 0.25) is 5.91 Å². The van der Waals surface area contributed by atoms with Crippen LogP contribution in [0.4, 0.5) is 64.4 Å². The van der Waals surface area contributed by atoms with E-state index in [2.05, 4.69) is 128 Å². The number of carboxylic acids is 1. The molecule has 0 aliphatic carbocycles. The van der Waals surface area contributed by atoms with Gasteiger partial charge in [-0.1, -0.05) is 0 Å². The first kappa shape index (κ1) is 115. The minimum Gasteiger partial charge on any atom is -0.478 e. The summed E-state index contributed by atoms with van der Waals surface area (Å²) in [5.41, 5.74) is 18.9. The molecule has 8 aromatic rings. The van der Waals surface area contributed by atoms with Gasteiger partial charge in [0.05, 0.1) is 46.1 Å². The van der Waals surface area contributed by atoms with Crippen LogP contribution in [0.5, 0.6) is 0 Å². The summed E-state index contributed by atoms with van der Waals surface area (Å²) in [7, 11) is 0. The molecule has 16 rings (SSSR count). The fraction of sp³-hybridized carbons (Fsp3) is 0.487. The number of aryl methyl sites for hydroxylation is 7. The van der Waals surface area contributed by atoms with Crippen LogP contribution in [-0.4, -0.2) is 284 Å². The summed E-state index contributed by atoms with van der Waals surface area (Å²) in [6.45, 7) is 60.3. The van der Waals surface area contributed by atoms with Crippen molar-refractivity contribution in [2.75, 3.05) is 223 Å². The van der Waals surface area contributed by atoms with Gasteiger partial charge >= 0.3 is 24.2 Å². The highest BCUT2D eigenvalue weighted by Gasteiger charge is 2.37. The van der Waals surface area contributed by atoms with E-state index in [0.717, 1.165) is 205 Å². The molecule has 0 saturated carbocycles. The summed E-state index contributed by atoms with van der Waals surface area (Å²) in [6, 6.07) is 47.0. The van der Waals surface area contributed by atoms with Gasteiger partial charge in [-0.3, -0.25) is 24.1 Å². The molecule has 0 bridgehead atoms. The average Bonchev–Trinajstić information content (AvgIpc) is 0.768. The fourth-order valence-corrected chi connectivity index (χ4v) is 18.4. The molecule has 7 amide bonds. The Morgan fingerprint density at radius 2 is 0.707 bits per heavy atom. The lowest BCUT2D eigenvalue weighted by Gasteiger charge is -2.40. The summed E-state index contributed by atoms with van der Waals surface area (Å²) < 4.78 is 28.7. The third kappa shape index (κ3) is 34.2. The number of anilines is 8. The van der Waals surface area contributed by atoms with E-state index in [4.69, 9.17) is 40.1 Å². The number of amides is 7. The maximum Gasteiger partial charge on any atom is 0.410 e. The molecule has 8 aliphatic rings. The van der Waals surface area contributed by atoms with Crippen molar-refractivity contribution in [1.29, 1.82) is 15.8 Å². The number of carboxylic acid groups (broad SMARTS) is 1. The first-order valence-electron chi connectivity index (χ1n) is 51.3. The molecule has 0 unspecified atom stereocenters. The average molecular weight is 2020 g/mol. The van der Waals surface area contributed by atoms with Crippen LogP contribution in [0.2, 0.25) is 0 Å². The topological polar surface area (TPSA) is 377 Å². The number of benzene rings is 7. The van der Waals surface area contributed by atoms with Gasteiger partial charge in [-0.2, -0.15) is 15.8 Å². The zero-order valence-corrected chi connectivity index (χ0v) is 89.5. The maximum absolute atomic E-state index is 12.6. The molecule has 7 saturated heterocycles. The number of rotatable bonds is 15. The van der Waals surface area contributed by atoms with Crippen LogP contribution in [-0.2, 0) is 25.5 Å². The lowest BCUT2D eigenvalue weighted by atomic mass is 9.99. The molecule has 7 fully saturated rings. The van der Waals surface area contributed by atoms with Gasteiger partial charge in [-0.15, -0.1) is 0 Å². The summed E-state index contributed by atoms with van der Waals surface area (Å²) in [4.78, 5) is 124. The Labute approximate surface area is 868 Å². The number of carbonyl (C=O) groups is 8. The van der Waals surface area contributed by atoms with Crippen molar-refractivity contribution < 1.29 is 62.1 Å². The number of carbonyl (C=O) groups excluding carboxylic acids is 7. The van der Waals surface area contributed by atoms with Crippen molar-refractivity contribution in [2.24, 2.45) is 0 Å². The SMILES string of the molecule is CCNC(=O)c1ccc(N2CCN(C(=O)OC(C)(C)C)CC2)c(C)c1.CCNC(=O)c1ccc(N2CCN(Cc3cnc4c(c3)NC(=O)[C@@H]3CCCCN43)CC2)c(C)c1.CCNC(=O)c1ccc(N2CCNCC2)c(C)c1.Cc1cc(C#N)ccc1F.Cc1cc(C#N)ccc1N1CCN(C(=O)OC(C)(C)C)CC1.Cc1cc(C#N)ccc1N1CCNCC1.Cc1cc(C(=O)O)ccc1N1CCN(C(=O)OC(C)(C)C)CC1. The van der Waals surface area contributed by atoms with Crippen LogP contribution in [0.1, 0.15) is 205 Å². The van der Waals surface area contributed by atoms with Gasteiger partial charge in [0, 0.05) is 247 Å². The highest BCUT2D eigenvalue weighted by Crippen LogP contribution is 2.37. The Morgan fingerprint density at radius 1 is 0.401 bits per heavy atom. The molecule has 1 aromatic heterocycles. The first-order valence-corrected chi connectivity index (χ1v) is 51.3. The number of piperidine rings is 1. The Morgan fingerprint density at radius 3 is 1.02 bits per heavy atom.